The van der Waals surface area contributed by atoms with E-state index in [-0.39, 0.29) is 73.9 Å². The SMILES string of the molecule is [Ag+].[Al+3].[Se-2].[Se-2]. The molecule has 0 aromatic heterocycles. The van der Waals surface area contributed by atoms with E-state index in [0.717, 1.165) is 0 Å². The minimum absolute atomic E-state index is 0. The topological polar surface area (TPSA) is 0 Å². The van der Waals surface area contributed by atoms with Crippen LogP contribution in [0.2, 0.25) is 0 Å². The monoisotopic (exact) mass is 294 g/mol. The molecule has 0 unspecified atom stereocenters. The van der Waals surface area contributed by atoms with Gasteiger partial charge in [0.2, 0.25) is 0 Å². The van der Waals surface area contributed by atoms with Crippen molar-refractivity contribution in [3.63, 3.8) is 0 Å². The molecule has 4 heavy (non-hydrogen) atoms. The second-order valence-electron chi connectivity index (χ2n) is 0. The molecule has 0 amide bonds. The Bertz CT molecular complexity index is 6.00. The van der Waals surface area contributed by atoms with Gasteiger partial charge in [0.15, 0.2) is 0 Å². The second-order valence-corrected chi connectivity index (χ2v) is 0. The second kappa shape index (κ2) is 18.5. The smallest absolute Gasteiger partial charge is 2.00 e. The summed E-state index contributed by atoms with van der Waals surface area (Å²) in [5.41, 5.74) is 0. The summed E-state index contributed by atoms with van der Waals surface area (Å²) in [6.07, 6.45) is 0. The van der Waals surface area contributed by atoms with E-state index < -0.39 is 0 Å². The molecule has 0 radical (unpaired) electrons. The van der Waals surface area contributed by atoms with Gasteiger partial charge >= 0.3 is 39.7 Å². The van der Waals surface area contributed by atoms with Gasteiger partial charge < -0.3 is 34.1 Å². The van der Waals surface area contributed by atoms with Gasteiger partial charge in [-0.05, 0) is 0 Å². The summed E-state index contributed by atoms with van der Waals surface area (Å²) in [7, 11) is 0. The van der Waals surface area contributed by atoms with Crippen LogP contribution in [0.5, 0.6) is 0 Å². The molecule has 0 nitrogen and oxygen atoms in total. The first-order valence-electron chi connectivity index (χ1n) is 0. The molecule has 0 rings (SSSR count). The van der Waals surface area contributed by atoms with Gasteiger partial charge in [-0.2, -0.15) is 0 Å². The minimum atomic E-state index is 0. The normalized spacial score (nSPS) is 0. The van der Waals surface area contributed by atoms with Crippen molar-refractivity contribution in [3.8, 4) is 0 Å². The first kappa shape index (κ1) is 33.3. The van der Waals surface area contributed by atoms with Crippen molar-refractivity contribution >= 4 is 51.5 Å². The largest absolute Gasteiger partial charge is 3.00 e. The standard InChI is InChI=1S/Ag.Al.2Se/q+1;+3;2*-2. The zero-order valence-electron chi connectivity index (χ0n) is 1.70. The Hall–Kier alpha value is 2.31. The van der Waals surface area contributed by atoms with Crippen molar-refractivity contribution in [2.75, 3.05) is 0 Å². The number of hydrogen-bond donors (Lipinski definition) is 0. The van der Waals surface area contributed by atoms with Crippen molar-refractivity contribution in [2.45, 2.75) is 0 Å². The van der Waals surface area contributed by atoms with E-state index in [1.165, 1.54) is 0 Å². The summed E-state index contributed by atoms with van der Waals surface area (Å²) >= 11 is 0. The molecule has 26 valence electrons. The van der Waals surface area contributed by atoms with Crippen LogP contribution in [-0.4, -0.2) is 51.5 Å². The van der Waals surface area contributed by atoms with Crippen molar-refractivity contribution < 1.29 is 22.4 Å². The van der Waals surface area contributed by atoms with Gasteiger partial charge in [0.25, 0.3) is 0 Å². The van der Waals surface area contributed by atoms with Crippen LogP contribution in [0, 0.1) is 0 Å². The Kier molecular flexibility index (Phi) is 154. The van der Waals surface area contributed by atoms with Gasteiger partial charge in [0.1, 0.15) is 0 Å². The zero-order valence-corrected chi connectivity index (χ0v) is 7.76. The van der Waals surface area contributed by atoms with E-state index in [1.54, 1.807) is 0 Å². The molecule has 0 spiro atoms. The van der Waals surface area contributed by atoms with Crippen LogP contribution in [0.3, 0.4) is 0 Å². The van der Waals surface area contributed by atoms with Gasteiger partial charge in [-0.25, -0.2) is 0 Å². The van der Waals surface area contributed by atoms with Gasteiger partial charge in [-0.1, -0.05) is 0 Å². The average molecular weight is 293 g/mol. The maximum atomic E-state index is 0. The molecule has 0 bridgehead atoms. The Morgan fingerprint density at radius 3 is 0.750 bits per heavy atom. The summed E-state index contributed by atoms with van der Waals surface area (Å²) in [5, 5.41) is 0. The van der Waals surface area contributed by atoms with Gasteiger partial charge in [0, 0.05) is 0 Å². The van der Waals surface area contributed by atoms with Crippen molar-refractivity contribution in [1.82, 2.24) is 0 Å². The minimum Gasteiger partial charge on any atom is -2.00 e. The molecule has 0 atom stereocenters. The molecule has 0 aliphatic carbocycles. The third-order valence-electron chi connectivity index (χ3n) is 0. The molecule has 0 aromatic carbocycles. The maximum absolute atomic E-state index is 0. The van der Waals surface area contributed by atoms with E-state index in [2.05, 4.69) is 0 Å². The van der Waals surface area contributed by atoms with Crippen LogP contribution in [0.4, 0.5) is 0 Å². The Labute approximate surface area is 73.1 Å². The maximum Gasteiger partial charge on any atom is 3.00 e. The van der Waals surface area contributed by atoms with Crippen molar-refractivity contribution in [3.05, 3.63) is 0 Å². The molecule has 0 aliphatic rings. The number of rotatable bonds is 0. The molecule has 0 N–H and O–H groups in total. The van der Waals surface area contributed by atoms with Gasteiger partial charge in [-0.15, -0.1) is 0 Å². The van der Waals surface area contributed by atoms with Crippen LogP contribution < -0.4 is 0 Å². The van der Waals surface area contributed by atoms with E-state index in [0.29, 0.717) is 0 Å². The Morgan fingerprint density at radius 2 is 0.750 bits per heavy atom. The summed E-state index contributed by atoms with van der Waals surface area (Å²) in [5.74, 6) is 0. The fraction of sp³-hybridized carbons (Fsp3) is 0. The first-order chi connectivity index (χ1) is 0. The van der Waals surface area contributed by atoms with Crippen LogP contribution in [0.1, 0.15) is 0 Å². The molecule has 0 aliphatic heterocycles. The van der Waals surface area contributed by atoms with E-state index in [9.17, 15) is 0 Å². The van der Waals surface area contributed by atoms with Crippen LogP contribution in [0.25, 0.3) is 0 Å². The molecule has 0 aromatic rings. The molecule has 0 heterocycles. The fourth-order valence-corrected chi connectivity index (χ4v) is 0. The van der Waals surface area contributed by atoms with Gasteiger partial charge in [0.05, 0.1) is 0 Å². The number of hydrogen-bond acceptors (Lipinski definition) is 0. The van der Waals surface area contributed by atoms with Gasteiger partial charge in [-0.3, -0.25) is 0 Å². The van der Waals surface area contributed by atoms with Crippen LogP contribution >= 0.6 is 0 Å². The summed E-state index contributed by atoms with van der Waals surface area (Å²) in [6, 6.07) is 0. The zero-order chi connectivity index (χ0) is 0. The summed E-state index contributed by atoms with van der Waals surface area (Å²) < 4.78 is 0. The summed E-state index contributed by atoms with van der Waals surface area (Å²) in [4.78, 5) is 0. The van der Waals surface area contributed by atoms with E-state index in [4.69, 9.17) is 0 Å². The molecule has 4 heteroatoms. The molecule has 0 saturated heterocycles. The quantitative estimate of drug-likeness (QED) is 0.495. The molecular formula is AgAlSe2. The fourth-order valence-electron chi connectivity index (χ4n) is 0. The molecule has 0 fully saturated rings. The summed E-state index contributed by atoms with van der Waals surface area (Å²) in [6.45, 7) is 0. The van der Waals surface area contributed by atoms with Crippen molar-refractivity contribution in [1.29, 1.82) is 0 Å². The first-order valence-corrected chi connectivity index (χ1v) is 0. The van der Waals surface area contributed by atoms with Crippen LogP contribution in [0.15, 0.2) is 0 Å². The van der Waals surface area contributed by atoms with E-state index >= 15 is 0 Å². The molecular weight excluding hydrogens is 293 g/mol. The predicted octanol–water partition coefficient (Wildman–Crippen LogP) is -1.14. The third kappa shape index (κ3) is 8.85. The van der Waals surface area contributed by atoms with Crippen LogP contribution in [-0.2, 0) is 22.4 Å². The average Bonchev–Trinajstić information content (AvgIpc) is 0. The molecule has 0 saturated carbocycles. The Morgan fingerprint density at radius 1 is 0.750 bits per heavy atom. The predicted molar refractivity (Wildman–Crippen MR) is 17.3 cm³/mol. The third-order valence-corrected chi connectivity index (χ3v) is 0. The van der Waals surface area contributed by atoms with E-state index in [1.807, 2.05) is 0 Å². The Balaban J connectivity index is 0. The van der Waals surface area contributed by atoms with Crippen molar-refractivity contribution in [2.24, 2.45) is 0 Å².